The second kappa shape index (κ2) is 8.14. The van der Waals surface area contributed by atoms with E-state index in [0.717, 1.165) is 45.6 Å². The van der Waals surface area contributed by atoms with E-state index in [9.17, 15) is 9.18 Å². The van der Waals surface area contributed by atoms with Crippen molar-refractivity contribution in [3.05, 3.63) is 89.5 Å². The van der Waals surface area contributed by atoms with Gasteiger partial charge >= 0.3 is 0 Å². The minimum Gasteiger partial charge on any atom is -0.491 e. The number of rotatable bonds is 5. The first-order valence-electron chi connectivity index (χ1n) is 10.2. The number of pyridine rings is 2. The zero-order chi connectivity index (χ0) is 21.2. The number of amides is 1. The van der Waals surface area contributed by atoms with Gasteiger partial charge in [-0.3, -0.25) is 9.78 Å². The average molecular weight is 413 g/mol. The van der Waals surface area contributed by atoms with Crippen LogP contribution in [0, 0.1) is 5.82 Å². The topological polar surface area (TPSA) is 64.1 Å². The second-order valence-electron chi connectivity index (χ2n) is 7.47. The van der Waals surface area contributed by atoms with Crippen molar-refractivity contribution in [3.63, 3.8) is 0 Å². The van der Waals surface area contributed by atoms with Crippen LogP contribution in [0.1, 0.15) is 21.6 Å². The molecule has 154 valence electrons. The summed E-state index contributed by atoms with van der Waals surface area (Å²) < 4.78 is 19.1. The maximum absolute atomic E-state index is 13.3. The standard InChI is InChI=1S/C25H20FN3O2/c26-20-6-3-16(4-7-20)23-24-18(10-13-31-24)15-21(29-23)9-12-28-25(30)19-5-8-22-17(14-19)2-1-11-27-22/h1-8,11,14-15H,9-10,12-13H2,(H,28,30). The van der Waals surface area contributed by atoms with Crippen molar-refractivity contribution < 1.29 is 13.9 Å². The molecule has 0 aliphatic carbocycles. The molecule has 6 heteroatoms. The molecule has 5 nitrogen and oxygen atoms in total. The van der Waals surface area contributed by atoms with Crippen molar-refractivity contribution >= 4 is 16.8 Å². The average Bonchev–Trinajstić information content (AvgIpc) is 3.27. The Morgan fingerprint density at radius 3 is 2.84 bits per heavy atom. The smallest absolute Gasteiger partial charge is 0.251 e. The Morgan fingerprint density at radius 2 is 1.97 bits per heavy atom. The summed E-state index contributed by atoms with van der Waals surface area (Å²) in [5, 5.41) is 3.90. The third kappa shape index (κ3) is 3.97. The minimum absolute atomic E-state index is 0.131. The van der Waals surface area contributed by atoms with E-state index in [0.29, 0.717) is 25.1 Å². The van der Waals surface area contributed by atoms with Crippen LogP contribution in [0.25, 0.3) is 22.2 Å². The lowest BCUT2D eigenvalue weighted by Gasteiger charge is -2.11. The zero-order valence-electron chi connectivity index (χ0n) is 16.8. The molecule has 4 aromatic rings. The highest BCUT2D eigenvalue weighted by atomic mass is 19.1. The second-order valence-corrected chi connectivity index (χ2v) is 7.47. The Bertz CT molecular complexity index is 1270. The molecule has 1 amide bonds. The molecule has 2 aromatic heterocycles. The number of hydrogen-bond acceptors (Lipinski definition) is 4. The molecule has 0 spiro atoms. The summed E-state index contributed by atoms with van der Waals surface area (Å²) in [6.07, 6.45) is 3.13. The van der Waals surface area contributed by atoms with Crippen LogP contribution in [0.3, 0.4) is 0 Å². The number of carbonyl (C=O) groups is 1. The highest BCUT2D eigenvalue weighted by Crippen LogP contribution is 2.36. The Labute approximate surface area is 178 Å². The molecule has 0 radical (unpaired) electrons. The van der Waals surface area contributed by atoms with E-state index in [1.54, 1.807) is 24.4 Å². The largest absolute Gasteiger partial charge is 0.491 e. The quantitative estimate of drug-likeness (QED) is 0.529. The van der Waals surface area contributed by atoms with Gasteiger partial charge in [0.15, 0.2) is 0 Å². The maximum Gasteiger partial charge on any atom is 0.251 e. The van der Waals surface area contributed by atoms with Gasteiger partial charge in [0.05, 0.1) is 12.1 Å². The molecule has 31 heavy (non-hydrogen) atoms. The first-order valence-corrected chi connectivity index (χ1v) is 10.2. The summed E-state index contributed by atoms with van der Waals surface area (Å²) in [5.41, 5.74) is 4.96. The summed E-state index contributed by atoms with van der Waals surface area (Å²) in [6.45, 7) is 1.07. The number of benzene rings is 2. The minimum atomic E-state index is -0.287. The molecule has 0 fully saturated rings. The van der Waals surface area contributed by atoms with Crippen molar-refractivity contribution in [1.82, 2.24) is 15.3 Å². The van der Waals surface area contributed by atoms with Crippen LogP contribution in [0.2, 0.25) is 0 Å². The third-order valence-corrected chi connectivity index (χ3v) is 5.37. The number of halogens is 1. The molecule has 0 bridgehead atoms. The molecule has 0 atom stereocenters. The first kappa shape index (κ1) is 19.2. The fourth-order valence-corrected chi connectivity index (χ4v) is 3.81. The number of ether oxygens (including phenoxy) is 1. The summed E-state index contributed by atoms with van der Waals surface area (Å²) in [6, 6.07) is 17.6. The molecule has 5 rings (SSSR count). The SMILES string of the molecule is O=C(NCCc1cc2c(c(-c3ccc(F)cc3)n1)OCC2)c1ccc2ncccc2c1. The summed E-state index contributed by atoms with van der Waals surface area (Å²) in [7, 11) is 0. The highest BCUT2D eigenvalue weighted by molar-refractivity contribution is 5.97. The Hall–Kier alpha value is -3.80. The summed E-state index contributed by atoms with van der Waals surface area (Å²) >= 11 is 0. The number of nitrogens with zero attached hydrogens (tertiary/aromatic N) is 2. The van der Waals surface area contributed by atoms with Gasteiger partial charge in [0.2, 0.25) is 0 Å². The lowest BCUT2D eigenvalue weighted by atomic mass is 10.0. The number of nitrogens with one attached hydrogen (secondary N) is 1. The summed E-state index contributed by atoms with van der Waals surface area (Å²) in [4.78, 5) is 21.6. The lowest BCUT2D eigenvalue weighted by Crippen LogP contribution is -2.26. The van der Waals surface area contributed by atoms with Crippen molar-refractivity contribution in [2.45, 2.75) is 12.8 Å². The fraction of sp³-hybridized carbons (Fsp3) is 0.160. The predicted molar refractivity (Wildman–Crippen MR) is 117 cm³/mol. The van der Waals surface area contributed by atoms with Crippen molar-refractivity contribution in [1.29, 1.82) is 0 Å². The zero-order valence-corrected chi connectivity index (χ0v) is 16.8. The van der Waals surface area contributed by atoms with Crippen LogP contribution < -0.4 is 10.1 Å². The molecular formula is C25H20FN3O2. The van der Waals surface area contributed by atoms with Gasteiger partial charge in [0.1, 0.15) is 17.3 Å². The van der Waals surface area contributed by atoms with E-state index < -0.39 is 0 Å². The summed E-state index contributed by atoms with van der Waals surface area (Å²) in [5.74, 6) is 0.350. The van der Waals surface area contributed by atoms with Gasteiger partial charge in [-0.15, -0.1) is 0 Å². The van der Waals surface area contributed by atoms with E-state index in [2.05, 4.69) is 10.3 Å². The molecule has 1 N–H and O–H groups in total. The molecule has 0 unspecified atom stereocenters. The Balaban J connectivity index is 1.31. The van der Waals surface area contributed by atoms with Crippen LogP contribution in [0.5, 0.6) is 5.75 Å². The van der Waals surface area contributed by atoms with Gasteiger partial charge in [-0.25, -0.2) is 9.37 Å². The number of aromatic nitrogens is 2. The predicted octanol–water partition coefficient (Wildman–Crippen LogP) is 4.34. The molecular weight excluding hydrogens is 393 g/mol. The van der Waals surface area contributed by atoms with Crippen molar-refractivity contribution in [3.8, 4) is 17.0 Å². The highest BCUT2D eigenvalue weighted by Gasteiger charge is 2.20. The normalized spacial score (nSPS) is 12.4. The molecule has 2 aromatic carbocycles. The van der Waals surface area contributed by atoms with Gasteiger partial charge in [0, 0.05) is 53.4 Å². The number of fused-ring (bicyclic) bond motifs is 2. The Morgan fingerprint density at radius 1 is 1.10 bits per heavy atom. The van der Waals surface area contributed by atoms with Crippen LogP contribution in [0.15, 0.2) is 66.9 Å². The van der Waals surface area contributed by atoms with Gasteiger partial charge in [-0.1, -0.05) is 6.07 Å². The third-order valence-electron chi connectivity index (χ3n) is 5.37. The molecule has 0 saturated carbocycles. The maximum atomic E-state index is 13.3. The molecule has 3 heterocycles. The molecule has 1 aliphatic heterocycles. The number of carbonyl (C=O) groups excluding carboxylic acids is 1. The number of hydrogen-bond donors (Lipinski definition) is 1. The van der Waals surface area contributed by atoms with E-state index >= 15 is 0 Å². The van der Waals surface area contributed by atoms with Gasteiger partial charge in [-0.2, -0.15) is 0 Å². The Kier molecular flexibility index (Phi) is 5.04. The van der Waals surface area contributed by atoms with Crippen molar-refractivity contribution in [2.75, 3.05) is 13.2 Å². The van der Waals surface area contributed by atoms with Crippen LogP contribution >= 0.6 is 0 Å². The van der Waals surface area contributed by atoms with E-state index in [4.69, 9.17) is 9.72 Å². The van der Waals surface area contributed by atoms with E-state index in [1.807, 2.05) is 30.3 Å². The molecule has 0 saturated heterocycles. The van der Waals surface area contributed by atoms with E-state index in [1.165, 1.54) is 12.1 Å². The lowest BCUT2D eigenvalue weighted by molar-refractivity contribution is 0.0954. The van der Waals surface area contributed by atoms with E-state index in [-0.39, 0.29) is 11.7 Å². The van der Waals surface area contributed by atoms with Gasteiger partial charge in [-0.05, 0) is 54.6 Å². The fourth-order valence-electron chi connectivity index (χ4n) is 3.81. The van der Waals surface area contributed by atoms with Gasteiger partial charge in [0.25, 0.3) is 5.91 Å². The first-order chi connectivity index (χ1) is 15.2. The van der Waals surface area contributed by atoms with Crippen LogP contribution in [-0.4, -0.2) is 29.0 Å². The van der Waals surface area contributed by atoms with Crippen LogP contribution in [0.4, 0.5) is 4.39 Å². The van der Waals surface area contributed by atoms with Crippen molar-refractivity contribution in [2.24, 2.45) is 0 Å². The monoisotopic (exact) mass is 413 g/mol. The van der Waals surface area contributed by atoms with Crippen LogP contribution in [-0.2, 0) is 12.8 Å². The molecule has 1 aliphatic rings. The van der Waals surface area contributed by atoms with Gasteiger partial charge < -0.3 is 10.1 Å².